The summed E-state index contributed by atoms with van der Waals surface area (Å²) >= 11 is 0. The molecular formula is C19H30N2O4. The van der Waals surface area contributed by atoms with Gasteiger partial charge < -0.3 is 10.2 Å². The quantitative estimate of drug-likeness (QED) is 0.398. The van der Waals surface area contributed by atoms with Crippen LogP contribution in [0.1, 0.15) is 61.9 Å². The lowest BCUT2D eigenvalue weighted by atomic mass is 10.1. The predicted octanol–water partition coefficient (Wildman–Crippen LogP) is 2.61. The Balaban J connectivity index is 2.36. The molecule has 0 spiro atoms. The van der Waals surface area contributed by atoms with Crippen molar-refractivity contribution < 1.29 is 19.8 Å². The van der Waals surface area contributed by atoms with Gasteiger partial charge in [-0.3, -0.25) is 9.80 Å². The highest BCUT2D eigenvalue weighted by Crippen LogP contribution is 2.07. The summed E-state index contributed by atoms with van der Waals surface area (Å²) in [5, 5.41) is 20.4. The molecule has 0 heterocycles. The molecule has 0 aliphatic heterocycles. The third kappa shape index (κ3) is 8.65. The zero-order valence-electron chi connectivity index (χ0n) is 15.2. The van der Waals surface area contributed by atoms with Crippen LogP contribution in [0.5, 0.6) is 0 Å². The topological polar surface area (TPSA) is 89.9 Å². The summed E-state index contributed by atoms with van der Waals surface area (Å²) in [6.07, 6.45) is 5.00. The Bertz CT molecular complexity index is 531. The van der Waals surface area contributed by atoms with E-state index in [0.717, 1.165) is 31.2 Å². The fourth-order valence-corrected chi connectivity index (χ4v) is 2.54. The largest absolute Gasteiger partial charge is 0.478 e. The molecule has 1 rings (SSSR count). The molecule has 25 heavy (non-hydrogen) atoms. The smallest absolute Gasteiger partial charge is 0.335 e. The van der Waals surface area contributed by atoms with Crippen LogP contribution in [0.4, 0.5) is 0 Å². The van der Waals surface area contributed by atoms with E-state index in [9.17, 15) is 14.7 Å². The first kappa shape index (κ1) is 21.1. The number of carboxylic acids is 1. The number of aliphatic hydroxyl groups is 1. The van der Waals surface area contributed by atoms with E-state index in [2.05, 4.69) is 12.3 Å². The van der Waals surface area contributed by atoms with Crippen molar-refractivity contribution in [2.75, 3.05) is 13.1 Å². The molecule has 1 atom stereocenters. The number of benzene rings is 1. The van der Waals surface area contributed by atoms with Crippen molar-refractivity contribution in [3.8, 4) is 0 Å². The van der Waals surface area contributed by atoms with Crippen molar-refractivity contribution in [1.82, 2.24) is 10.4 Å². The third-order valence-corrected chi connectivity index (χ3v) is 4.13. The van der Waals surface area contributed by atoms with E-state index in [1.54, 1.807) is 29.3 Å². The number of carbonyl (C=O) groups is 2. The monoisotopic (exact) mass is 350 g/mol. The average molecular weight is 350 g/mol. The van der Waals surface area contributed by atoms with Gasteiger partial charge in [0.25, 0.3) is 0 Å². The van der Waals surface area contributed by atoms with Gasteiger partial charge in [-0.1, -0.05) is 38.3 Å². The number of carboxylic acid groups (broad SMARTS) is 1. The first-order valence-electron chi connectivity index (χ1n) is 8.96. The van der Waals surface area contributed by atoms with Crippen LogP contribution in [-0.2, 0) is 11.2 Å². The van der Waals surface area contributed by atoms with E-state index in [1.807, 2.05) is 0 Å². The molecule has 6 nitrogen and oxygen atoms in total. The van der Waals surface area contributed by atoms with E-state index in [0.29, 0.717) is 25.9 Å². The fraction of sp³-hybridized carbons (Fsp3) is 0.579. The molecular weight excluding hydrogens is 320 g/mol. The Morgan fingerprint density at radius 1 is 1.16 bits per heavy atom. The van der Waals surface area contributed by atoms with Crippen LogP contribution >= 0.6 is 0 Å². The number of amides is 1. The van der Waals surface area contributed by atoms with Gasteiger partial charge in [-0.2, -0.15) is 0 Å². The van der Waals surface area contributed by atoms with Crippen molar-refractivity contribution in [3.63, 3.8) is 0 Å². The number of nitrogens with one attached hydrogen (secondary N) is 1. The Morgan fingerprint density at radius 2 is 1.84 bits per heavy atom. The fourth-order valence-electron chi connectivity index (χ4n) is 2.54. The minimum Gasteiger partial charge on any atom is -0.478 e. The van der Waals surface area contributed by atoms with Crippen molar-refractivity contribution in [2.24, 2.45) is 0 Å². The molecule has 0 fully saturated rings. The number of carbonyl (C=O) groups excluding carboxylic acids is 1. The highest BCUT2D eigenvalue weighted by molar-refractivity contribution is 5.87. The van der Waals surface area contributed by atoms with Gasteiger partial charge in [0.15, 0.2) is 0 Å². The van der Waals surface area contributed by atoms with Crippen LogP contribution in [-0.4, -0.2) is 46.3 Å². The van der Waals surface area contributed by atoms with Crippen molar-refractivity contribution in [1.29, 1.82) is 0 Å². The van der Waals surface area contributed by atoms with E-state index in [1.165, 1.54) is 6.92 Å². The minimum atomic E-state index is -0.948. The Morgan fingerprint density at radius 3 is 2.40 bits per heavy atom. The lowest BCUT2D eigenvalue weighted by Crippen LogP contribution is -2.43. The number of unbranched alkanes of at least 4 members (excludes halogenated alkanes) is 2. The highest BCUT2D eigenvalue weighted by atomic mass is 16.4. The molecule has 0 radical (unpaired) electrons. The molecule has 1 amide bonds. The molecule has 6 heteroatoms. The Kier molecular flexibility index (Phi) is 9.80. The molecule has 140 valence electrons. The summed E-state index contributed by atoms with van der Waals surface area (Å²) in [4.78, 5) is 22.6. The van der Waals surface area contributed by atoms with Gasteiger partial charge in [-0.15, -0.1) is 0 Å². The van der Waals surface area contributed by atoms with Gasteiger partial charge in [0.05, 0.1) is 11.7 Å². The maximum Gasteiger partial charge on any atom is 0.335 e. The Labute approximate surface area is 149 Å². The van der Waals surface area contributed by atoms with Crippen LogP contribution in [0.25, 0.3) is 0 Å². The lowest BCUT2D eigenvalue weighted by Gasteiger charge is -2.23. The molecule has 0 bridgehead atoms. The molecule has 3 N–H and O–H groups in total. The number of hydrazine groups is 1. The van der Waals surface area contributed by atoms with Gasteiger partial charge in [0.1, 0.15) is 0 Å². The van der Waals surface area contributed by atoms with Crippen molar-refractivity contribution >= 4 is 11.9 Å². The number of rotatable bonds is 12. The SMILES string of the molecule is CCCCCC(O)CCNN(CCc1ccc(C(=O)O)cc1)C(C)=O. The van der Waals surface area contributed by atoms with E-state index < -0.39 is 5.97 Å². The first-order chi connectivity index (χ1) is 11.9. The summed E-state index contributed by atoms with van der Waals surface area (Å²) in [5.41, 5.74) is 4.29. The second-order valence-corrected chi connectivity index (χ2v) is 6.27. The molecule has 1 unspecified atom stereocenters. The summed E-state index contributed by atoms with van der Waals surface area (Å²) in [5.74, 6) is -1.03. The standard InChI is InChI=1S/C19H30N2O4/c1-3-4-5-6-18(23)11-13-20-21(15(2)22)14-12-16-7-9-17(10-8-16)19(24)25/h7-10,18,20,23H,3-6,11-14H2,1-2H3,(H,24,25). The summed E-state index contributed by atoms with van der Waals surface area (Å²) in [6.45, 7) is 4.67. The highest BCUT2D eigenvalue weighted by Gasteiger charge is 2.10. The minimum absolute atomic E-state index is 0.0809. The van der Waals surface area contributed by atoms with Crippen molar-refractivity contribution in [2.45, 2.75) is 58.5 Å². The summed E-state index contributed by atoms with van der Waals surface area (Å²) in [6, 6.07) is 6.66. The second-order valence-electron chi connectivity index (χ2n) is 6.27. The maximum atomic E-state index is 11.7. The first-order valence-corrected chi connectivity index (χ1v) is 8.96. The third-order valence-electron chi connectivity index (χ3n) is 4.13. The van der Waals surface area contributed by atoms with Crippen LogP contribution in [0, 0.1) is 0 Å². The van der Waals surface area contributed by atoms with Crippen LogP contribution in [0.3, 0.4) is 0 Å². The molecule has 0 saturated carbocycles. The maximum absolute atomic E-state index is 11.7. The van der Waals surface area contributed by atoms with Crippen LogP contribution in [0.15, 0.2) is 24.3 Å². The van der Waals surface area contributed by atoms with E-state index in [4.69, 9.17) is 5.11 Å². The van der Waals surface area contributed by atoms with E-state index >= 15 is 0 Å². The van der Waals surface area contributed by atoms with Gasteiger partial charge in [-0.05, 0) is 37.0 Å². The number of hydrogen-bond acceptors (Lipinski definition) is 4. The van der Waals surface area contributed by atoms with Gasteiger partial charge in [-0.25, -0.2) is 10.2 Å². The molecule has 0 aliphatic rings. The lowest BCUT2D eigenvalue weighted by molar-refractivity contribution is -0.132. The number of hydrogen-bond donors (Lipinski definition) is 3. The van der Waals surface area contributed by atoms with Gasteiger partial charge >= 0.3 is 5.97 Å². The summed E-state index contributed by atoms with van der Waals surface area (Å²) in [7, 11) is 0. The molecule has 1 aromatic rings. The molecule has 0 aromatic heterocycles. The van der Waals surface area contributed by atoms with Gasteiger partial charge in [0, 0.05) is 20.0 Å². The number of aromatic carboxylic acids is 1. The zero-order valence-corrected chi connectivity index (χ0v) is 15.2. The normalized spacial score (nSPS) is 12.0. The summed E-state index contributed by atoms with van der Waals surface area (Å²) < 4.78 is 0. The van der Waals surface area contributed by atoms with Gasteiger partial charge in [0.2, 0.25) is 5.91 Å². The zero-order chi connectivity index (χ0) is 18.7. The average Bonchev–Trinajstić information content (AvgIpc) is 2.58. The second kappa shape index (κ2) is 11.6. The Hall–Kier alpha value is -1.92. The predicted molar refractivity (Wildman–Crippen MR) is 97.3 cm³/mol. The molecule has 1 aromatic carbocycles. The van der Waals surface area contributed by atoms with Crippen LogP contribution < -0.4 is 5.43 Å². The van der Waals surface area contributed by atoms with E-state index in [-0.39, 0.29) is 17.6 Å². The number of aliphatic hydroxyl groups excluding tert-OH is 1. The van der Waals surface area contributed by atoms with Crippen LogP contribution in [0.2, 0.25) is 0 Å². The molecule has 0 saturated heterocycles. The number of nitrogens with zero attached hydrogens (tertiary/aromatic N) is 1. The molecule has 0 aliphatic carbocycles. The van der Waals surface area contributed by atoms with Crippen molar-refractivity contribution in [3.05, 3.63) is 35.4 Å².